The van der Waals surface area contributed by atoms with Gasteiger partial charge >= 0.3 is 6.09 Å². The number of amides is 2. The fourth-order valence-electron chi connectivity index (χ4n) is 2.93. The van der Waals surface area contributed by atoms with Crippen molar-refractivity contribution in [3.05, 3.63) is 36.1 Å². The number of carboxylic acid groups (broad SMARTS) is 1. The van der Waals surface area contributed by atoms with Gasteiger partial charge in [-0.15, -0.1) is 0 Å². The number of benzene rings is 1. The average molecular weight is 302 g/mol. The number of carbonyl (C=O) groups is 2. The number of likely N-dealkylation sites (tertiary alicyclic amines) is 1. The maximum Gasteiger partial charge on any atom is 0.407 e. The second-order valence-corrected chi connectivity index (χ2v) is 5.56. The van der Waals surface area contributed by atoms with E-state index in [1.165, 1.54) is 4.90 Å². The molecule has 0 spiro atoms. The van der Waals surface area contributed by atoms with E-state index in [0.29, 0.717) is 13.1 Å². The third kappa shape index (κ3) is 3.05. The van der Waals surface area contributed by atoms with Crippen molar-refractivity contribution in [3.63, 3.8) is 0 Å². The molecule has 0 saturated carbocycles. The van der Waals surface area contributed by atoms with Crippen molar-refractivity contribution in [3.8, 4) is 0 Å². The second kappa shape index (κ2) is 6.09. The fraction of sp³-hybridized carbons (Fsp3) is 0.375. The van der Waals surface area contributed by atoms with Gasteiger partial charge in [0.1, 0.15) is 5.58 Å². The lowest BCUT2D eigenvalue weighted by Gasteiger charge is -2.31. The van der Waals surface area contributed by atoms with Crippen LogP contribution in [0.2, 0.25) is 0 Å². The third-order valence-corrected chi connectivity index (χ3v) is 3.99. The second-order valence-electron chi connectivity index (χ2n) is 5.56. The number of nitrogens with zero attached hydrogens (tertiary/aromatic N) is 1. The Labute approximate surface area is 127 Å². The molecule has 0 radical (unpaired) electrons. The zero-order valence-electron chi connectivity index (χ0n) is 12.1. The summed E-state index contributed by atoms with van der Waals surface area (Å²) in [4.78, 5) is 24.6. The molecular formula is C16H18N2O4. The zero-order chi connectivity index (χ0) is 15.5. The highest BCUT2D eigenvalue weighted by atomic mass is 16.4. The Hall–Kier alpha value is -2.50. The molecule has 116 valence electrons. The Bertz CT molecular complexity index is 694. The predicted octanol–water partition coefficient (Wildman–Crippen LogP) is 2.23. The molecule has 0 aliphatic carbocycles. The van der Waals surface area contributed by atoms with Gasteiger partial charge in [-0.05, 0) is 30.5 Å². The van der Waals surface area contributed by atoms with Crippen LogP contribution in [0.15, 0.2) is 34.9 Å². The molecule has 0 bridgehead atoms. The van der Waals surface area contributed by atoms with Crippen LogP contribution in [0, 0.1) is 0 Å². The molecule has 3 rings (SSSR count). The maximum atomic E-state index is 12.2. The van der Waals surface area contributed by atoms with Crippen molar-refractivity contribution >= 4 is 23.0 Å². The van der Waals surface area contributed by atoms with Gasteiger partial charge in [-0.3, -0.25) is 4.79 Å². The molecule has 1 fully saturated rings. The smallest absolute Gasteiger partial charge is 0.407 e. The zero-order valence-corrected chi connectivity index (χ0v) is 12.1. The Morgan fingerprint density at radius 1 is 1.36 bits per heavy atom. The molecule has 1 aromatic carbocycles. The first kappa shape index (κ1) is 14.4. The van der Waals surface area contributed by atoms with Crippen LogP contribution >= 0.6 is 0 Å². The molecule has 1 unspecified atom stereocenters. The first-order valence-electron chi connectivity index (χ1n) is 7.36. The number of furan rings is 1. The number of hydrogen-bond acceptors (Lipinski definition) is 3. The molecule has 2 aromatic rings. The Morgan fingerprint density at radius 2 is 2.23 bits per heavy atom. The van der Waals surface area contributed by atoms with Crippen molar-refractivity contribution < 1.29 is 19.1 Å². The van der Waals surface area contributed by atoms with Crippen LogP contribution < -0.4 is 5.32 Å². The minimum absolute atomic E-state index is 0.0917. The lowest BCUT2D eigenvalue weighted by atomic mass is 10.0. The van der Waals surface area contributed by atoms with E-state index in [-0.39, 0.29) is 18.4 Å². The average Bonchev–Trinajstić information content (AvgIpc) is 2.97. The summed E-state index contributed by atoms with van der Waals surface area (Å²) in [5, 5.41) is 12.9. The van der Waals surface area contributed by atoms with Crippen LogP contribution in [0.3, 0.4) is 0 Å². The van der Waals surface area contributed by atoms with E-state index in [2.05, 4.69) is 5.32 Å². The summed E-state index contributed by atoms with van der Waals surface area (Å²) in [6.07, 6.45) is 2.53. The predicted molar refractivity (Wildman–Crippen MR) is 80.7 cm³/mol. The molecule has 1 saturated heterocycles. The lowest BCUT2D eigenvalue weighted by molar-refractivity contribution is -0.121. The summed E-state index contributed by atoms with van der Waals surface area (Å²) in [5.41, 5.74) is 1.68. The van der Waals surface area contributed by atoms with E-state index < -0.39 is 6.09 Å². The molecule has 6 heteroatoms. The van der Waals surface area contributed by atoms with Gasteiger partial charge in [0, 0.05) is 24.5 Å². The van der Waals surface area contributed by atoms with E-state index in [1.807, 2.05) is 24.3 Å². The van der Waals surface area contributed by atoms with Crippen LogP contribution in [-0.2, 0) is 11.2 Å². The first-order valence-corrected chi connectivity index (χ1v) is 7.36. The number of carbonyl (C=O) groups excluding carboxylic acids is 1. The molecule has 1 aliphatic rings. The first-order chi connectivity index (χ1) is 10.6. The molecule has 2 N–H and O–H groups in total. The molecule has 1 aliphatic heterocycles. The van der Waals surface area contributed by atoms with Gasteiger partial charge in [0.2, 0.25) is 5.91 Å². The summed E-state index contributed by atoms with van der Waals surface area (Å²) >= 11 is 0. The molecule has 2 heterocycles. The SMILES string of the molecule is O=C(Cc1cccc2occc12)NC1CCCN(C(=O)O)C1. The Morgan fingerprint density at radius 3 is 3.05 bits per heavy atom. The van der Waals surface area contributed by atoms with Gasteiger partial charge in [-0.2, -0.15) is 0 Å². The van der Waals surface area contributed by atoms with Crippen LogP contribution in [-0.4, -0.2) is 41.1 Å². The van der Waals surface area contributed by atoms with Gasteiger partial charge in [-0.25, -0.2) is 4.79 Å². The van der Waals surface area contributed by atoms with Crippen LogP contribution in [0.25, 0.3) is 11.0 Å². The highest BCUT2D eigenvalue weighted by Crippen LogP contribution is 2.20. The number of hydrogen-bond donors (Lipinski definition) is 2. The highest BCUT2D eigenvalue weighted by Gasteiger charge is 2.24. The van der Waals surface area contributed by atoms with Gasteiger partial charge in [0.15, 0.2) is 0 Å². The van der Waals surface area contributed by atoms with E-state index in [4.69, 9.17) is 9.52 Å². The van der Waals surface area contributed by atoms with Crippen molar-refractivity contribution in [1.29, 1.82) is 0 Å². The summed E-state index contributed by atoms with van der Waals surface area (Å²) in [6.45, 7) is 0.896. The highest BCUT2D eigenvalue weighted by molar-refractivity contribution is 5.87. The standard InChI is InChI=1S/C16H18N2O4/c19-15(17-12-4-2-7-18(10-12)16(20)21)9-11-3-1-5-14-13(11)6-8-22-14/h1,3,5-6,8,12H,2,4,7,9-10H2,(H,17,19)(H,20,21). The van der Waals surface area contributed by atoms with Gasteiger partial charge in [-0.1, -0.05) is 12.1 Å². The van der Waals surface area contributed by atoms with Crippen molar-refractivity contribution in [1.82, 2.24) is 10.2 Å². The quantitative estimate of drug-likeness (QED) is 0.911. The van der Waals surface area contributed by atoms with Gasteiger partial charge in [0.25, 0.3) is 0 Å². The number of piperidine rings is 1. The maximum absolute atomic E-state index is 12.2. The molecule has 1 aromatic heterocycles. The Balaban J connectivity index is 1.63. The minimum atomic E-state index is -0.929. The van der Waals surface area contributed by atoms with E-state index >= 15 is 0 Å². The topological polar surface area (TPSA) is 82.8 Å². The number of fused-ring (bicyclic) bond motifs is 1. The largest absolute Gasteiger partial charge is 0.465 e. The minimum Gasteiger partial charge on any atom is -0.465 e. The van der Waals surface area contributed by atoms with E-state index in [0.717, 1.165) is 29.4 Å². The van der Waals surface area contributed by atoms with Gasteiger partial charge < -0.3 is 19.7 Å². The molecule has 2 amide bonds. The molecule has 6 nitrogen and oxygen atoms in total. The number of rotatable bonds is 3. The Kier molecular flexibility index (Phi) is 4.00. The molecule has 1 atom stereocenters. The summed E-state index contributed by atoms with van der Waals surface area (Å²) < 4.78 is 5.33. The van der Waals surface area contributed by atoms with Crippen LogP contribution in [0.4, 0.5) is 4.79 Å². The molecular weight excluding hydrogens is 284 g/mol. The third-order valence-electron chi connectivity index (χ3n) is 3.99. The summed E-state index contributed by atoms with van der Waals surface area (Å²) in [7, 11) is 0. The summed E-state index contributed by atoms with van der Waals surface area (Å²) in [5.74, 6) is -0.0917. The molecule has 22 heavy (non-hydrogen) atoms. The normalized spacial score (nSPS) is 18.4. The number of nitrogens with one attached hydrogen (secondary N) is 1. The van der Waals surface area contributed by atoms with Gasteiger partial charge in [0.05, 0.1) is 12.7 Å². The fourth-order valence-corrected chi connectivity index (χ4v) is 2.93. The van der Waals surface area contributed by atoms with Crippen molar-refractivity contribution in [2.75, 3.05) is 13.1 Å². The van der Waals surface area contributed by atoms with Crippen LogP contribution in [0.5, 0.6) is 0 Å². The van der Waals surface area contributed by atoms with E-state index in [9.17, 15) is 9.59 Å². The monoisotopic (exact) mass is 302 g/mol. The van der Waals surface area contributed by atoms with Crippen LogP contribution in [0.1, 0.15) is 18.4 Å². The lowest BCUT2D eigenvalue weighted by Crippen LogP contribution is -2.49. The van der Waals surface area contributed by atoms with Crippen molar-refractivity contribution in [2.24, 2.45) is 0 Å². The van der Waals surface area contributed by atoms with Crippen molar-refractivity contribution in [2.45, 2.75) is 25.3 Å². The summed E-state index contributed by atoms with van der Waals surface area (Å²) in [6, 6.07) is 7.37. The van der Waals surface area contributed by atoms with E-state index in [1.54, 1.807) is 6.26 Å².